The van der Waals surface area contributed by atoms with Gasteiger partial charge in [0, 0.05) is 11.1 Å². The van der Waals surface area contributed by atoms with Crippen LogP contribution in [0.15, 0.2) is 12.1 Å². The Morgan fingerprint density at radius 3 is 2.74 bits per heavy atom. The lowest BCUT2D eigenvalue weighted by molar-refractivity contribution is -0.138. The molecule has 4 nitrogen and oxygen atoms in total. The molecule has 19 heavy (non-hydrogen) atoms. The molecule has 1 unspecified atom stereocenters. The predicted molar refractivity (Wildman–Crippen MR) is 77.3 cm³/mol. The Bertz CT molecular complexity index is 449. The van der Waals surface area contributed by atoms with Crippen LogP contribution in [-0.2, 0) is 4.79 Å². The topological polar surface area (TPSA) is 58.6 Å². The summed E-state index contributed by atoms with van der Waals surface area (Å²) in [6.45, 7) is 3.90. The van der Waals surface area contributed by atoms with Gasteiger partial charge in [-0.05, 0) is 25.0 Å². The van der Waals surface area contributed by atoms with Crippen LogP contribution < -0.4 is 10.1 Å². The molecule has 0 saturated carbocycles. The van der Waals surface area contributed by atoms with E-state index in [1.54, 1.807) is 6.07 Å². The number of unbranched alkanes of at least 4 members (excludes halogenated alkanes) is 1. The van der Waals surface area contributed by atoms with Crippen molar-refractivity contribution >= 4 is 23.3 Å². The highest BCUT2D eigenvalue weighted by Gasteiger charge is 2.18. The zero-order valence-corrected chi connectivity index (χ0v) is 12.3. The first-order valence-electron chi connectivity index (χ1n) is 6.33. The number of benzene rings is 1. The Kier molecular flexibility index (Phi) is 5.96. The van der Waals surface area contributed by atoms with Gasteiger partial charge in [0.1, 0.15) is 11.8 Å². The van der Waals surface area contributed by atoms with Gasteiger partial charge in [-0.2, -0.15) is 0 Å². The van der Waals surface area contributed by atoms with Gasteiger partial charge in [-0.1, -0.05) is 31.4 Å². The first-order valence-corrected chi connectivity index (χ1v) is 6.70. The quantitative estimate of drug-likeness (QED) is 0.802. The lowest BCUT2D eigenvalue weighted by Gasteiger charge is -2.18. The highest BCUT2D eigenvalue weighted by molar-refractivity contribution is 6.31. The van der Waals surface area contributed by atoms with Crippen molar-refractivity contribution in [1.82, 2.24) is 0 Å². The zero-order valence-electron chi connectivity index (χ0n) is 11.5. The SMILES string of the molecule is CCCCC(Nc1cc(C)c(Cl)cc1OC)C(=O)O. The fourth-order valence-corrected chi connectivity index (χ4v) is 1.95. The first kappa shape index (κ1) is 15.6. The largest absolute Gasteiger partial charge is 0.495 e. The fourth-order valence-electron chi connectivity index (χ4n) is 1.80. The van der Waals surface area contributed by atoms with Gasteiger partial charge in [0.15, 0.2) is 0 Å². The molecule has 0 saturated heterocycles. The summed E-state index contributed by atoms with van der Waals surface area (Å²) in [6, 6.07) is 2.88. The number of aliphatic carboxylic acids is 1. The van der Waals surface area contributed by atoms with E-state index in [2.05, 4.69) is 5.32 Å². The number of aryl methyl sites for hydroxylation is 1. The average Bonchev–Trinajstić information content (AvgIpc) is 2.37. The van der Waals surface area contributed by atoms with E-state index in [1.165, 1.54) is 7.11 Å². The molecule has 0 heterocycles. The van der Waals surface area contributed by atoms with E-state index in [0.29, 0.717) is 22.9 Å². The van der Waals surface area contributed by atoms with Crippen molar-refractivity contribution < 1.29 is 14.6 Å². The van der Waals surface area contributed by atoms with Crippen LogP contribution in [-0.4, -0.2) is 24.2 Å². The van der Waals surface area contributed by atoms with Crippen LogP contribution >= 0.6 is 11.6 Å². The molecular weight excluding hydrogens is 266 g/mol. The van der Waals surface area contributed by atoms with Crippen molar-refractivity contribution in [2.45, 2.75) is 39.2 Å². The standard InChI is InChI=1S/C14H20ClNO3/c1-4-5-6-11(14(17)18)16-12-7-9(2)10(15)8-13(12)19-3/h7-8,11,16H,4-6H2,1-3H3,(H,17,18). The molecule has 5 heteroatoms. The molecule has 2 N–H and O–H groups in total. The van der Waals surface area contributed by atoms with E-state index in [1.807, 2.05) is 19.9 Å². The molecule has 0 aliphatic heterocycles. The van der Waals surface area contributed by atoms with Gasteiger partial charge >= 0.3 is 5.97 Å². The van der Waals surface area contributed by atoms with Gasteiger partial charge in [-0.3, -0.25) is 0 Å². The van der Waals surface area contributed by atoms with Gasteiger partial charge in [-0.25, -0.2) is 4.79 Å². The van der Waals surface area contributed by atoms with E-state index in [9.17, 15) is 9.90 Å². The predicted octanol–water partition coefficient (Wildman–Crippen LogP) is 3.71. The molecule has 0 spiro atoms. The summed E-state index contributed by atoms with van der Waals surface area (Å²) in [5, 5.41) is 12.8. The number of ether oxygens (including phenoxy) is 1. The molecule has 0 amide bonds. The van der Waals surface area contributed by atoms with Crippen LogP contribution in [0, 0.1) is 6.92 Å². The monoisotopic (exact) mass is 285 g/mol. The van der Waals surface area contributed by atoms with E-state index in [4.69, 9.17) is 16.3 Å². The van der Waals surface area contributed by atoms with Crippen molar-refractivity contribution in [3.05, 3.63) is 22.7 Å². The first-order chi connectivity index (χ1) is 8.99. The molecule has 0 aliphatic rings. The number of nitrogens with one attached hydrogen (secondary N) is 1. The summed E-state index contributed by atoms with van der Waals surface area (Å²) < 4.78 is 5.23. The van der Waals surface area contributed by atoms with Crippen LogP contribution in [0.3, 0.4) is 0 Å². The summed E-state index contributed by atoms with van der Waals surface area (Å²) in [6.07, 6.45) is 2.40. The molecule has 0 radical (unpaired) electrons. The minimum Gasteiger partial charge on any atom is -0.495 e. The van der Waals surface area contributed by atoms with Crippen LogP contribution in [0.4, 0.5) is 5.69 Å². The van der Waals surface area contributed by atoms with Gasteiger partial charge in [0.25, 0.3) is 0 Å². The summed E-state index contributed by atoms with van der Waals surface area (Å²) in [5.41, 5.74) is 1.54. The van der Waals surface area contributed by atoms with Gasteiger partial charge < -0.3 is 15.2 Å². The Balaban J connectivity index is 2.94. The summed E-state index contributed by atoms with van der Waals surface area (Å²) in [7, 11) is 1.54. The number of hydrogen-bond donors (Lipinski definition) is 2. The molecule has 1 aromatic carbocycles. The van der Waals surface area contributed by atoms with Crippen molar-refractivity contribution in [2.24, 2.45) is 0 Å². The lowest BCUT2D eigenvalue weighted by atomic mass is 10.1. The van der Waals surface area contributed by atoms with Crippen LogP contribution in [0.2, 0.25) is 5.02 Å². The minimum absolute atomic E-state index is 0.554. The molecule has 1 aromatic rings. The maximum atomic E-state index is 11.2. The Morgan fingerprint density at radius 1 is 1.53 bits per heavy atom. The van der Waals surface area contributed by atoms with Crippen molar-refractivity contribution in [3.8, 4) is 5.75 Å². The van der Waals surface area contributed by atoms with E-state index < -0.39 is 12.0 Å². The highest BCUT2D eigenvalue weighted by atomic mass is 35.5. The summed E-state index contributed by atoms with van der Waals surface area (Å²) in [5.74, 6) is -0.304. The second kappa shape index (κ2) is 7.24. The number of carbonyl (C=O) groups is 1. The molecule has 0 aromatic heterocycles. The smallest absolute Gasteiger partial charge is 0.326 e. The van der Waals surface area contributed by atoms with Crippen LogP contribution in [0.1, 0.15) is 31.7 Å². The summed E-state index contributed by atoms with van der Waals surface area (Å²) in [4.78, 5) is 11.2. The molecule has 1 rings (SSSR count). The third-order valence-corrected chi connectivity index (χ3v) is 3.36. The molecule has 0 fully saturated rings. The summed E-state index contributed by atoms with van der Waals surface area (Å²) >= 11 is 6.02. The normalized spacial score (nSPS) is 12.0. The number of halogens is 1. The lowest BCUT2D eigenvalue weighted by Crippen LogP contribution is -2.29. The number of hydrogen-bond acceptors (Lipinski definition) is 3. The zero-order chi connectivity index (χ0) is 14.4. The molecular formula is C14H20ClNO3. The van der Waals surface area contributed by atoms with Crippen LogP contribution in [0.5, 0.6) is 5.75 Å². The Labute approximate surface area is 118 Å². The maximum absolute atomic E-state index is 11.2. The van der Waals surface area contributed by atoms with E-state index >= 15 is 0 Å². The minimum atomic E-state index is -0.858. The van der Waals surface area contributed by atoms with E-state index in [-0.39, 0.29) is 0 Å². The van der Waals surface area contributed by atoms with E-state index in [0.717, 1.165) is 18.4 Å². The fraction of sp³-hybridized carbons (Fsp3) is 0.500. The average molecular weight is 286 g/mol. The highest BCUT2D eigenvalue weighted by Crippen LogP contribution is 2.31. The number of carboxylic acids is 1. The third-order valence-electron chi connectivity index (χ3n) is 2.95. The molecule has 0 aliphatic carbocycles. The van der Waals surface area contributed by atoms with Crippen molar-refractivity contribution in [3.63, 3.8) is 0 Å². The number of carboxylic acid groups (broad SMARTS) is 1. The Hall–Kier alpha value is -1.42. The molecule has 106 valence electrons. The Morgan fingerprint density at radius 2 is 2.21 bits per heavy atom. The second-order valence-corrected chi connectivity index (χ2v) is 4.89. The molecule has 1 atom stereocenters. The van der Waals surface area contributed by atoms with Gasteiger partial charge in [0.05, 0.1) is 12.8 Å². The van der Waals surface area contributed by atoms with Gasteiger partial charge in [-0.15, -0.1) is 0 Å². The van der Waals surface area contributed by atoms with Crippen LogP contribution in [0.25, 0.3) is 0 Å². The third kappa shape index (κ3) is 4.31. The number of anilines is 1. The van der Waals surface area contributed by atoms with Crippen molar-refractivity contribution in [1.29, 1.82) is 0 Å². The number of methoxy groups -OCH3 is 1. The second-order valence-electron chi connectivity index (χ2n) is 4.48. The number of rotatable bonds is 7. The molecule has 0 bridgehead atoms. The van der Waals surface area contributed by atoms with Crippen molar-refractivity contribution in [2.75, 3.05) is 12.4 Å². The maximum Gasteiger partial charge on any atom is 0.326 e. The van der Waals surface area contributed by atoms with Gasteiger partial charge in [0.2, 0.25) is 0 Å².